The average Bonchev–Trinajstić information content (AvgIpc) is 2.62. The van der Waals surface area contributed by atoms with Crippen molar-refractivity contribution < 1.29 is 13.9 Å². The Bertz CT molecular complexity index is 725. The first kappa shape index (κ1) is 16.3. The smallest absolute Gasteiger partial charge is 0.310 e. The fraction of sp³-hybridized carbons (Fsp3) is 0.412. The van der Waals surface area contributed by atoms with Crippen LogP contribution >= 0.6 is 0 Å². The minimum Gasteiger partial charge on any atom is -0.466 e. The third-order valence-electron chi connectivity index (χ3n) is 3.99. The van der Waals surface area contributed by atoms with Crippen molar-refractivity contribution in [2.24, 2.45) is 5.92 Å². The van der Waals surface area contributed by atoms with E-state index in [0.29, 0.717) is 30.4 Å². The summed E-state index contributed by atoms with van der Waals surface area (Å²) in [4.78, 5) is 18.4. The number of benzene rings is 1. The second-order valence-electron chi connectivity index (χ2n) is 5.69. The van der Waals surface area contributed by atoms with Gasteiger partial charge in [0.1, 0.15) is 5.82 Å². The van der Waals surface area contributed by atoms with Gasteiger partial charge in [-0.2, -0.15) is 5.10 Å². The Kier molecular flexibility index (Phi) is 4.98. The Morgan fingerprint density at radius 2 is 2.33 bits per heavy atom. The fourth-order valence-electron chi connectivity index (χ4n) is 2.83. The molecule has 0 spiro atoms. The van der Waals surface area contributed by atoms with Gasteiger partial charge in [-0.05, 0) is 31.9 Å². The highest BCUT2D eigenvalue weighted by Crippen LogP contribution is 2.23. The Labute approximate surface area is 139 Å². The molecule has 2 heterocycles. The maximum absolute atomic E-state index is 13.4. The molecule has 0 unspecified atom stereocenters. The lowest BCUT2D eigenvalue weighted by molar-refractivity contribution is -0.148. The number of piperidine rings is 1. The molecule has 0 bridgehead atoms. The number of halogens is 1. The summed E-state index contributed by atoms with van der Waals surface area (Å²) in [6.45, 7) is 3.44. The molecule has 126 valence electrons. The molecule has 2 aromatic rings. The van der Waals surface area contributed by atoms with Crippen LogP contribution < -0.4 is 4.90 Å². The van der Waals surface area contributed by atoms with Crippen molar-refractivity contribution >= 4 is 11.9 Å². The first-order valence-electron chi connectivity index (χ1n) is 8.04. The van der Waals surface area contributed by atoms with Crippen molar-refractivity contribution in [2.45, 2.75) is 19.8 Å². The summed E-state index contributed by atoms with van der Waals surface area (Å²) in [5.74, 6) is -0.240. The van der Waals surface area contributed by atoms with Crippen LogP contribution in [-0.2, 0) is 9.53 Å². The summed E-state index contributed by atoms with van der Waals surface area (Å²) < 4.78 is 18.5. The molecule has 1 fully saturated rings. The highest BCUT2D eigenvalue weighted by molar-refractivity contribution is 5.73. The third kappa shape index (κ3) is 3.67. The second-order valence-corrected chi connectivity index (χ2v) is 5.69. The Morgan fingerprint density at radius 3 is 3.12 bits per heavy atom. The van der Waals surface area contributed by atoms with Crippen LogP contribution in [0.1, 0.15) is 19.8 Å². The number of carbonyl (C=O) groups excluding carboxylic acids is 1. The molecular formula is C17H19FN4O2. The monoisotopic (exact) mass is 330 g/mol. The Morgan fingerprint density at radius 1 is 1.46 bits per heavy atom. The molecule has 0 saturated carbocycles. The van der Waals surface area contributed by atoms with Gasteiger partial charge in [0.2, 0.25) is 5.95 Å². The van der Waals surface area contributed by atoms with Crippen LogP contribution in [0.25, 0.3) is 11.3 Å². The molecule has 0 aliphatic carbocycles. The first-order chi connectivity index (χ1) is 11.7. The Balaban J connectivity index is 1.79. The predicted molar refractivity (Wildman–Crippen MR) is 86.8 cm³/mol. The number of hydrogen-bond acceptors (Lipinski definition) is 6. The lowest BCUT2D eigenvalue weighted by Gasteiger charge is -2.31. The van der Waals surface area contributed by atoms with E-state index in [2.05, 4.69) is 15.2 Å². The van der Waals surface area contributed by atoms with Crippen LogP contribution in [0.15, 0.2) is 30.5 Å². The normalized spacial score (nSPS) is 17.6. The van der Waals surface area contributed by atoms with E-state index in [9.17, 15) is 9.18 Å². The van der Waals surface area contributed by atoms with E-state index >= 15 is 0 Å². The van der Waals surface area contributed by atoms with Crippen molar-refractivity contribution in [2.75, 3.05) is 24.6 Å². The molecule has 0 radical (unpaired) electrons. The van der Waals surface area contributed by atoms with E-state index in [-0.39, 0.29) is 17.7 Å². The number of nitrogens with zero attached hydrogens (tertiary/aromatic N) is 4. The fourth-order valence-corrected chi connectivity index (χ4v) is 2.83. The third-order valence-corrected chi connectivity index (χ3v) is 3.99. The standard InChI is InChI=1S/C17H19FN4O2/c1-2-24-16(23)13-6-4-8-22(11-13)17-20-15(10-19-21-17)12-5-3-7-14(18)9-12/h3,5,7,9-10,13H,2,4,6,8,11H2,1H3/t13-/m0/s1. The summed E-state index contributed by atoms with van der Waals surface area (Å²) in [5.41, 5.74) is 1.20. The molecule has 1 atom stereocenters. The molecule has 1 saturated heterocycles. The zero-order valence-electron chi connectivity index (χ0n) is 13.5. The summed E-state index contributed by atoms with van der Waals surface area (Å²) >= 11 is 0. The van der Waals surface area contributed by atoms with Crippen LogP contribution in [0.2, 0.25) is 0 Å². The summed E-state index contributed by atoms with van der Waals surface area (Å²) in [7, 11) is 0. The van der Waals surface area contributed by atoms with Gasteiger partial charge >= 0.3 is 5.97 Å². The van der Waals surface area contributed by atoms with Gasteiger partial charge < -0.3 is 9.64 Å². The van der Waals surface area contributed by atoms with Crippen LogP contribution in [0.3, 0.4) is 0 Å². The van der Waals surface area contributed by atoms with Crippen molar-refractivity contribution in [1.29, 1.82) is 0 Å². The number of esters is 1. The van der Waals surface area contributed by atoms with Gasteiger partial charge in [0, 0.05) is 18.7 Å². The van der Waals surface area contributed by atoms with Gasteiger partial charge in [-0.3, -0.25) is 4.79 Å². The minimum absolute atomic E-state index is 0.180. The molecule has 0 amide bonds. The number of anilines is 1. The lowest BCUT2D eigenvalue weighted by atomic mass is 9.98. The van der Waals surface area contributed by atoms with Crippen molar-refractivity contribution in [3.8, 4) is 11.3 Å². The predicted octanol–water partition coefficient (Wildman–Crippen LogP) is 2.46. The largest absolute Gasteiger partial charge is 0.466 e. The van der Waals surface area contributed by atoms with Crippen molar-refractivity contribution in [3.05, 3.63) is 36.3 Å². The zero-order chi connectivity index (χ0) is 16.9. The van der Waals surface area contributed by atoms with E-state index < -0.39 is 0 Å². The van der Waals surface area contributed by atoms with Crippen LogP contribution in [0.4, 0.5) is 10.3 Å². The van der Waals surface area contributed by atoms with E-state index in [4.69, 9.17) is 4.74 Å². The second kappa shape index (κ2) is 7.33. The number of aromatic nitrogens is 3. The van der Waals surface area contributed by atoms with Gasteiger partial charge in [-0.15, -0.1) is 5.10 Å². The molecule has 24 heavy (non-hydrogen) atoms. The summed E-state index contributed by atoms with van der Waals surface area (Å²) in [6, 6.07) is 6.19. The van der Waals surface area contributed by atoms with Gasteiger partial charge in [0.15, 0.2) is 0 Å². The molecular weight excluding hydrogens is 311 g/mol. The van der Waals surface area contributed by atoms with Crippen molar-refractivity contribution in [1.82, 2.24) is 15.2 Å². The van der Waals surface area contributed by atoms with E-state index in [1.54, 1.807) is 19.1 Å². The van der Waals surface area contributed by atoms with Gasteiger partial charge in [0.25, 0.3) is 0 Å². The quantitative estimate of drug-likeness (QED) is 0.802. The average molecular weight is 330 g/mol. The van der Waals surface area contributed by atoms with Crippen LogP contribution in [0, 0.1) is 11.7 Å². The van der Waals surface area contributed by atoms with E-state index in [1.807, 2.05) is 4.90 Å². The molecule has 3 rings (SSSR count). The number of carbonyl (C=O) groups is 1. The number of hydrogen-bond donors (Lipinski definition) is 0. The van der Waals surface area contributed by atoms with Gasteiger partial charge in [-0.25, -0.2) is 9.37 Å². The maximum Gasteiger partial charge on any atom is 0.310 e. The topological polar surface area (TPSA) is 68.2 Å². The number of ether oxygens (including phenoxy) is 1. The van der Waals surface area contributed by atoms with E-state index in [1.165, 1.54) is 18.3 Å². The highest BCUT2D eigenvalue weighted by atomic mass is 19.1. The zero-order valence-corrected chi connectivity index (χ0v) is 13.5. The minimum atomic E-state index is -0.326. The molecule has 1 aliphatic heterocycles. The molecule has 7 heteroatoms. The maximum atomic E-state index is 13.4. The van der Waals surface area contributed by atoms with Crippen LogP contribution in [-0.4, -0.2) is 40.8 Å². The van der Waals surface area contributed by atoms with Gasteiger partial charge in [0.05, 0.1) is 24.4 Å². The van der Waals surface area contributed by atoms with Crippen LogP contribution in [0.5, 0.6) is 0 Å². The molecule has 6 nitrogen and oxygen atoms in total. The van der Waals surface area contributed by atoms with E-state index in [0.717, 1.165) is 19.4 Å². The lowest BCUT2D eigenvalue weighted by Crippen LogP contribution is -2.40. The van der Waals surface area contributed by atoms with Gasteiger partial charge in [-0.1, -0.05) is 12.1 Å². The SMILES string of the molecule is CCOC(=O)[C@H]1CCCN(c2nncc(-c3cccc(F)c3)n2)C1. The summed E-state index contributed by atoms with van der Waals surface area (Å²) in [5, 5.41) is 8.05. The van der Waals surface area contributed by atoms with Crippen molar-refractivity contribution in [3.63, 3.8) is 0 Å². The molecule has 1 aromatic carbocycles. The summed E-state index contributed by atoms with van der Waals surface area (Å²) in [6.07, 6.45) is 3.16. The number of rotatable bonds is 4. The highest BCUT2D eigenvalue weighted by Gasteiger charge is 2.28. The molecule has 1 aliphatic rings. The first-order valence-corrected chi connectivity index (χ1v) is 8.04. The Hall–Kier alpha value is -2.57. The molecule has 1 aromatic heterocycles. The molecule has 0 N–H and O–H groups in total.